The Morgan fingerprint density at radius 3 is 2.18 bits per heavy atom. The Hall–Kier alpha value is -0.820. The fourth-order valence-electron chi connectivity index (χ4n) is 2.75. The maximum Gasteiger partial charge on any atom is 0.101 e. The summed E-state index contributed by atoms with van der Waals surface area (Å²) < 4.78 is 0. The minimum absolute atomic E-state index is 0.872. The van der Waals surface area contributed by atoms with Crippen molar-refractivity contribution < 1.29 is 5.32 Å². The van der Waals surface area contributed by atoms with Crippen molar-refractivity contribution in [1.82, 2.24) is 0 Å². The van der Waals surface area contributed by atoms with Gasteiger partial charge < -0.3 is 5.32 Å². The van der Waals surface area contributed by atoms with Gasteiger partial charge in [0.15, 0.2) is 0 Å². The lowest BCUT2D eigenvalue weighted by Crippen LogP contribution is -2.88. The first-order valence-corrected chi connectivity index (χ1v) is 7.23. The van der Waals surface area contributed by atoms with E-state index in [1.165, 1.54) is 56.1 Å². The van der Waals surface area contributed by atoms with E-state index in [4.69, 9.17) is 0 Å². The van der Waals surface area contributed by atoms with E-state index in [0.29, 0.717) is 0 Å². The highest BCUT2D eigenvalue weighted by Gasteiger charge is 2.13. The number of nitrogens with two attached hydrogens (primary N) is 1. The summed E-state index contributed by atoms with van der Waals surface area (Å²) in [6, 6.07) is 9.86. The van der Waals surface area contributed by atoms with Gasteiger partial charge in [0, 0.05) is 5.56 Å². The van der Waals surface area contributed by atoms with Crippen LogP contribution in [0, 0.1) is 6.92 Å². The lowest BCUT2D eigenvalue weighted by Gasteiger charge is -2.18. The molecule has 0 saturated heterocycles. The molecule has 94 valence electrons. The molecule has 0 amide bonds. The maximum atomic E-state index is 2.57. The molecule has 1 aromatic carbocycles. The van der Waals surface area contributed by atoms with Crippen LogP contribution in [0.5, 0.6) is 0 Å². The zero-order valence-electron chi connectivity index (χ0n) is 11.1. The largest absolute Gasteiger partial charge is 0.340 e. The summed E-state index contributed by atoms with van der Waals surface area (Å²) in [6.45, 7) is 3.31. The van der Waals surface area contributed by atoms with E-state index in [-0.39, 0.29) is 0 Å². The second-order valence-electron chi connectivity index (χ2n) is 5.53. The van der Waals surface area contributed by atoms with Crippen LogP contribution in [0.3, 0.4) is 0 Å². The standard InChI is InChI=1S/C16H25N/c1-14-9-11-15(12-10-14)13-17-16-7-5-3-2-4-6-8-16/h9-12,16-17H,2-8,13H2,1H3/p+1. The van der Waals surface area contributed by atoms with Gasteiger partial charge in [-0.1, -0.05) is 49.1 Å². The van der Waals surface area contributed by atoms with Crippen molar-refractivity contribution in [3.05, 3.63) is 35.4 Å². The van der Waals surface area contributed by atoms with Crippen LogP contribution in [0.1, 0.15) is 56.1 Å². The maximum absolute atomic E-state index is 2.57. The van der Waals surface area contributed by atoms with Gasteiger partial charge >= 0.3 is 0 Å². The van der Waals surface area contributed by atoms with Gasteiger partial charge in [0.25, 0.3) is 0 Å². The molecule has 0 unspecified atom stereocenters. The van der Waals surface area contributed by atoms with Crippen LogP contribution in [-0.2, 0) is 6.54 Å². The monoisotopic (exact) mass is 232 g/mol. The van der Waals surface area contributed by atoms with E-state index < -0.39 is 0 Å². The Morgan fingerprint density at radius 2 is 1.53 bits per heavy atom. The molecule has 0 aromatic heterocycles. The van der Waals surface area contributed by atoms with E-state index in [1.807, 2.05) is 0 Å². The summed E-state index contributed by atoms with van der Waals surface area (Å²) in [7, 11) is 0. The third-order valence-corrected chi connectivity index (χ3v) is 3.96. The summed E-state index contributed by atoms with van der Waals surface area (Å²) in [6.07, 6.45) is 10.1. The van der Waals surface area contributed by atoms with E-state index in [2.05, 4.69) is 36.5 Å². The van der Waals surface area contributed by atoms with Gasteiger partial charge in [-0.05, 0) is 32.6 Å². The van der Waals surface area contributed by atoms with E-state index in [0.717, 1.165) is 12.6 Å². The number of hydrogen-bond donors (Lipinski definition) is 1. The predicted octanol–water partition coefficient (Wildman–Crippen LogP) is 3.17. The molecule has 2 N–H and O–H groups in total. The Kier molecular flexibility index (Phi) is 5.06. The van der Waals surface area contributed by atoms with Gasteiger partial charge in [0.1, 0.15) is 6.54 Å². The zero-order chi connectivity index (χ0) is 11.9. The second-order valence-corrected chi connectivity index (χ2v) is 5.53. The van der Waals surface area contributed by atoms with Crippen LogP contribution in [0.2, 0.25) is 0 Å². The van der Waals surface area contributed by atoms with Gasteiger partial charge in [-0.3, -0.25) is 0 Å². The Balaban J connectivity index is 1.77. The predicted molar refractivity (Wildman–Crippen MR) is 72.9 cm³/mol. The number of rotatable bonds is 3. The van der Waals surface area contributed by atoms with E-state index >= 15 is 0 Å². The second kappa shape index (κ2) is 6.80. The minimum Gasteiger partial charge on any atom is -0.340 e. The zero-order valence-corrected chi connectivity index (χ0v) is 11.1. The molecule has 0 radical (unpaired) electrons. The first-order chi connectivity index (χ1) is 8.34. The molecule has 0 aliphatic heterocycles. The van der Waals surface area contributed by atoms with Crippen molar-refractivity contribution in [1.29, 1.82) is 0 Å². The van der Waals surface area contributed by atoms with Gasteiger partial charge in [-0.2, -0.15) is 0 Å². The lowest BCUT2D eigenvalue weighted by molar-refractivity contribution is -0.706. The topological polar surface area (TPSA) is 16.6 Å². The number of hydrogen-bond acceptors (Lipinski definition) is 0. The summed E-state index contributed by atoms with van der Waals surface area (Å²) in [5.74, 6) is 0. The number of aryl methyl sites for hydroxylation is 1. The molecule has 1 nitrogen and oxygen atoms in total. The molecule has 0 heterocycles. The van der Waals surface area contributed by atoms with Crippen LogP contribution in [0.4, 0.5) is 0 Å². The molecular formula is C16H26N+. The molecular weight excluding hydrogens is 206 g/mol. The molecule has 1 fully saturated rings. The highest BCUT2D eigenvalue weighted by atomic mass is 14.9. The molecule has 1 aromatic rings. The SMILES string of the molecule is Cc1ccc(C[NH2+]C2CCCCCCC2)cc1. The summed E-state index contributed by atoms with van der Waals surface area (Å²) >= 11 is 0. The molecule has 1 saturated carbocycles. The van der Waals surface area contributed by atoms with E-state index in [9.17, 15) is 0 Å². The average Bonchev–Trinajstić information content (AvgIpc) is 2.30. The van der Waals surface area contributed by atoms with Crippen LogP contribution in [0.25, 0.3) is 0 Å². The van der Waals surface area contributed by atoms with Crippen molar-refractivity contribution in [3.63, 3.8) is 0 Å². The summed E-state index contributed by atoms with van der Waals surface area (Å²) in [5, 5.41) is 2.57. The lowest BCUT2D eigenvalue weighted by atomic mass is 9.96. The third-order valence-electron chi connectivity index (χ3n) is 3.96. The first-order valence-electron chi connectivity index (χ1n) is 7.23. The quantitative estimate of drug-likeness (QED) is 0.824. The van der Waals surface area contributed by atoms with Crippen LogP contribution < -0.4 is 5.32 Å². The Bertz CT molecular complexity index is 307. The minimum atomic E-state index is 0.872. The van der Waals surface area contributed by atoms with Crippen LogP contribution in [-0.4, -0.2) is 6.04 Å². The smallest absolute Gasteiger partial charge is 0.101 e. The Labute approximate surface area is 106 Å². The molecule has 0 bridgehead atoms. The molecule has 17 heavy (non-hydrogen) atoms. The third kappa shape index (κ3) is 4.51. The van der Waals surface area contributed by atoms with Crippen molar-refractivity contribution in [2.45, 2.75) is 64.5 Å². The summed E-state index contributed by atoms with van der Waals surface area (Å²) in [4.78, 5) is 0. The molecule has 0 atom stereocenters. The van der Waals surface area contributed by atoms with Crippen molar-refractivity contribution in [2.75, 3.05) is 0 Å². The number of quaternary nitrogens is 1. The van der Waals surface area contributed by atoms with E-state index in [1.54, 1.807) is 0 Å². The molecule has 1 heteroatoms. The van der Waals surface area contributed by atoms with Crippen molar-refractivity contribution in [2.24, 2.45) is 0 Å². The molecule has 2 rings (SSSR count). The highest BCUT2D eigenvalue weighted by molar-refractivity contribution is 5.20. The van der Waals surface area contributed by atoms with Gasteiger partial charge in [0.05, 0.1) is 6.04 Å². The molecule has 1 aliphatic carbocycles. The van der Waals surface area contributed by atoms with Gasteiger partial charge in [0.2, 0.25) is 0 Å². The molecule has 0 spiro atoms. The number of benzene rings is 1. The average molecular weight is 232 g/mol. The van der Waals surface area contributed by atoms with Crippen molar-refractivity contribution >= 4 is 0 Å². The highest BCUT2D eigenvalue weighted by Crippen LogP contribution is 2.15. The Morgan fingerprint density at radius 1 is 0.941 bits per heavy atom. The fraction of sp³-hybridized carbons (Fsp3) is 0.625. The molecule has 1 aliphatic rings. The van der Waals surface area contributed by atoms with Crippen molar-refractivity contribution in [3.8, 4) is 0 Å². The fourth-order valence-corrected chi connectivity index (χ4v) is 2.75. The first kappa shape index (κ1) is 12.6. The normalized spacial score (nSPS) is 18.6. The van der Waals surface area contributed by atoms with Crippen LogP contribution in [0.15, 0.2) is 24.3 Å². The summed E-state index contributed by atoms with van der Waals surface area (Å²) in [5.41, 5.74) is 2.83. The van der Waals surface area contributed by atoms with Crippen LogP contribution >= 0.6 is 0 Å². The van der Waals surface area contributed by atoms with Gasteiger partial charge in [-0.15, -0.1) is 0 Å². The van der Waals surface area contributed by atoms with Gasteiger partial charge in [-0.25, -0.2) is 0 Å².